The second kappa shape index (κ2) is 7.02. The number of rotatable bonds is 6. The van der Waals surface area contributed by atoms with E-state index in [1.807, 2.05) is 31.2 Å². The van der Waals surface area contributed by atoms with Gasteiger partial charge < -0.3 is 9.84 Å². The van der Waals surface area contributed by atoms with E-state index in [-0.39, 0.29) is 16.2 Å². The molecule has 0 saturated carbocycles. The van der Waals surface area contributed by atoms with Crippen molar-refractivity contribution in [2.24, 2.45) is 0 Å². The van der Waals surface area contributed by atoms with Crippen molar-refractivity contribution < 1.29 is 23.1 Å². The van der Waals surface area contributed by atoms with Gasteiger partial charge in [-0.1, -0.05) is 24.3 Å². The Morgan fingerprint density at radius 3 is 2.46 bits per heavy atom. The molecule has 2 aromatic rings. The van der Waals surface area contributed by atoms with Crippen molar-refractivity contribution >= 4 is 16.0 Å². The Morgan fingerprint density at radius 2 is 1.88 bits per heavy atom. The highest BCUT2D eigenvalue weighted by Gasteiger charge is 2.22. The second-order valence-corrected chi connectivity index (χ2v) is 7.08. The number of benzene rings is 2. The summed E-state index contributed by atoms with van der Waals surface area (Å²) < 4.78 is 32.6. The lowest BCUT2D eigenvalue weighted by molar-refractivity contribution is 0.0693. The fourth-order valence-corrected chi connectivity index (χ4v) is 3.71. The van der Waals surface area contributed by atoms with Crippen LogP contribution in [0.1, 0.15) is 34.5 Å². The summed E-state index contributed by atoms with van der Waals surface area (Å²) in [5, 5.41) is 9.19. The molecule has 0 amide bonds. The third-order valence-corrected chi connectivity index (χ3v) is 5.24. The van der Waals surface area contributed by atoms with Crippen LogP contribution in [0, 0.1) is 6.92 Å². The number of hydrogen-bond acceptors (Lipinski definition) is 4. The lowest BCUT2D eigenvalue weighted by Crippen LogP contribution is -2.27. The summed E-state index contributed by atoms with van der Waals surface area (Å²) in [6.45, 7) is 3.64. The number of ether oxygens (including phenoxy) is 1. The summed E-state index contributed by atoms with van der Waals surface area (Å²) in [5.41, 5.74) is 1.62. The van der Waals surface area contributed by atoms with E-state index >= 15 is 0 Å². The number of nitrogens with one attached hydrogen (secondary N) is 1. The van der Waals surface area contributed by atoms with E-state index in [0.29, 0.717) is 0 Å². The van der Waals surface area contributed by atoms with E-state index in [9.17, 15) is 18.3 Å². The number of aryl methyl sites for hydroxylation is 1. The predicted octanol–water partition coefficient (Wildman–Crippen LogP) is 2.74. The van der Waals surface area contributed by atoms with E-state index < -0.39 is 22.0 Å². The summed E-state index contributed by atoms with van der Waals surface area (Å²) >= 11 is 0. The number of carboxylic acid groups (broad SMARTS) is 1. The number of hydrogen-bond donors (Lipinski definition) is 2. The average molecular weight is 349 g/mol. The molecule has 0 radical (unpaired) electrons. The van der Waals surface area contributed by atoms with Gasteiger partial charge in [-0.05, 0) is 43.2 Å². The molecular formula is C17H19NO5S. The van der Waals surface area contributed by atoms with Crippen LogP contribution in [0.25, 0.3) is 0 Å². The van der Waals surface area contributed by atoms with Crippen molar-refractivity contribution in [3.63, 3.8) is 0 Å². The zero-order valence-electron chi connectivity index (χ0n) is 13.6. The van der Waals surface area contributed by atoms with Gasteiger partial charge >= 0.3 is 5.97 Å². The molecule has 0 aliphatic carbocycles. The minimum atomic E-state index is -3.87. The molecule has 0 aliphatic rings. The smallest absolute Gasteiger partial charge is 0.339 e. The molecular weight excluding hydrogens is 330 g/mol. The Morgan fingerprint density at radius 1 is 1.21 bits per heavy atom. The lowest BCUT2D eigenvalue weighted by Gasteiger charge is -2.17. The van der Waals surface area contributed by atoms with Crippen LogP contribution in [-0.2, 0) is 10.0 Å². The molecule has 7 heteroatoms. The SMILES string of the molecule is COc1ccc(S(=O)(=O)N[C@@H](C)c2ccccc2C)cc1C(=O)O. The van der Waals surface area contributed by atoms with Crippen LogP contribution in [0.15, 0.2) is 47.4 Å². The highest BCUT2D eigenvalue weighted by Crippen LogP contribution is 2.24. The molecule has 6 nitrogen and oxygen atoms in total. The molecule has 0 unspecified atom stereocenters. The minimum absolute atomic E-state index is 0.105. The third kappa shape index (κ3) is 3.74. The first-order valence-corrected chi connectivity index (χ1v) is 8.73. The molecule has 0 aromatic heterocycles. The predicted molar refractivity (Wildman–Crippen MR) is 89.9 cm³/mol. The Kier molecular flexibility index (Phi) is 5.26. The topological polar surface area (TPSA) is 92.7 Å². The van der Waals surface area contributed by atoms with Crippen LogP contribution >= 0.6 is 0 Å². The fraction of sp³-hybridized carbons (Fsp3) is 0.235. The zero-order chi connectivity index (χ0) is 17.9. The Labute approximate surface area is 141 Å². The molecule has 0 saturated heterocycles. The van der Waals surface area contributed by atoms with Gasteiger partial charge in [0, 0.05) is 6.04 Å². The Hall–Kier alpha value is -2.38. The van der Waals surface area contributed by atoms with Crippen LogP contribution in [0.3, 0.4) is 0 Å². The van der Waals surface area contributed by atoms with E-state index in [0.717, 1.165) is 17.2 Å². The quantitative estimate of drug-likeness (QED) is 0.836. The van der Waals surface area contributed by atoms with Gasteiger partial charge in [-0.2, -0.15) is 0 Å². The van der Waals surface area contributed by atoms with E-state index in [1.165, 1.54) is 19.2 Å². The summed E-state index contributed by atoms with van der Waals surface area (Å²) in [6.07, 6.45) is 0. The first kappa shape index (κ1) is 18.0. The summed E-state index contributed by atoms with van der Waals surface area (Å²) in [4.78, 5) is 11.1. The molecule has 2 rings (SSSR count). The third-order valence-electron chi connectivity index (χ3n) is 3.70. The maximum atomic E-state index is 12.6. The van der Waals surface area contributed by atoms with Crippen molar-refractivity contribution in [1.82, 2.24) is 4.72 Å². The molecule has 0 fully saturated rings. The highest BCUT2D eigenvalue weighted by molar-refractivity contribution is 7.89. The molecule has 24 heavy (non-hydrogen) atoms. The van der Waals surface area contributed by atoms with Crippen LogP contribution in [-0.4, -0.2) is 26.6 Å². The monoisotopic (exact) mass is 349 g/mol. The van der Waals surface area contributed by atoms with Gasteiger partial charge in [-0.3, -0.25) is 0 Å². The molecule has 0 aliphatic heterocycles. The summed E-state index contributed by atoms with van der Waals surface area (Å²) in [6, 6.07) is 10.7. The summed E-state index contributed by atoms with van der Waals surface area (Å²) in [5.74, 6) is -1.15. The number of carbonyl (C=O) groups is 1. The van der Waals surface area contributed by atoms with Gasteiger partial charge in [0.1, 0.15) is 11.3 Å². The minimum Gasteiger partial charge on any atom is -0.496 e. The summed E-state index contributed by atoms with van der Waals surface area (Å²) in [7, 11) is -2.55. The van der Waals surface area contributed by atoms with E-state index in [1.54, 1.807) is 6.92 Å². The number of carboxylic acids is 1. The Balaban J connectivity index is 2.36. The van der Waals surface area contributed by atoms with Crippen molar-refractivity contribution in [3.8, 4) is 5.75 Å². The number of sulfonamides is 1. The number of aromatic carboxylic acids is 1. The average Bonchev–Trinajstić information content (AvgIpc) is 2.54. The van der Waals surface area contributed by atoms with Gasteiger partial charge in [0.15, 0.2) is 0 Å². The van der Waals surface area contributed by atoms with Crippen LogP contribution in [0.2, 0.25) is 0 Å². The highest BCUT2D eigenvalue weighted by atomic mass is 32.2. The molecule has 0 spiro atoms. The van der Waals surface area contributed by atoms with Crippen LogP contribution in [0.4, 0.5) is 0 Å². The van der Waals surface area contributed by atoms with Crippen molar-refractivity contribution in [2.75, 3.05) is 7.11 Å². The normalized spacial score (nSPS) is 12.6. The van der Waals surface area contributed by atoms with Gasteiger partial charge in [0.25, 0.3) is 0 Å². The van der Waals surface area contributed by atoms with Gasteiger partial charge in [0.05, 0.1) is 12.0 Å². The standard InChI is InChI=1S/C17H19NO5S/c1-11-6-4-5-7-14(11)12(2)18-24(21,22)13-8-9-16(23-3)15(10-13)17(19)20/h4-10,12,18H,1-3H3,(H,19,20)/t12-/m0/s1. The van der Waals surface area contributed by atoms with Gasteiger partial charge in [0.2, 0.25) is 10.0 Å². The molecule has 0 bridgehead atoms. The molecule has 0 heterocycles. The van der Waals surface area contributed by atoms with Crippen molar-refractivity contribution in [2.45, 2.75) is 24.8 Å². The van der Waals surface area contributed by atoms with Crippen molar-refractivity contribution in [1.29, 1.82) is 0 Å². The van der Waals surface area contributed by atoms with Gasteiger partial charge in [-0.15, -0.1) is 0 Å². The first-order valence-electron chi connectivity index (χ1n) is 7.25. The lowest BCUT2D eigenvalue weighted by atomic mass is 10.0. The zero-order valence-corrected chi connectivity index (χ0v) is 14.4. The van der Waals surface area contributed by atoms with Crippen LogP contribution in [0.5, 0.6) is 5.75 Å². The maximum Gasteiger partial charge on any atom is 0.339 e. The van der Waals surface area contributed by atoms with Crippen molar-refractivity contribution in [3.05, 3.63) is 59.2 Å². The largest absolute Gasteiger partial charge is 0.496 e. The first-order chi connectivity index (χ1) is 11.3. The van der Waals surface area contributed by atoms with E-state index in [2.05, 4.69) is 4.72 Å². The van der Waals surface area contributed by atoms with Gasteiger partial charge in [-0.25, -0.2) is 17.9 Å². The molecule has 2 N–H and O–H groups in total. The molecule has 1 atom stereocenters. The Bertz CT molecular complexity index is 861. The maximum absolute atomic E-state index is 12.6. The fourth-order valence-electron chi connectivity index (χ4n) is 2.46. The molecule has 128 valence electrons. The van der Waals surface area contributed by atoms with Crippen LogP contribution < -0.4 is 9.46 Å². The second-order valence-electron chi connectivity index (χ2n) is 5.37. The number of methoxy groups -OCH3 is 1. The van der Waals surface area contributed by atoms with E-state index in [4.69, 9.17) is 4.74 Å². The molecule has 2 aromatic carbocycles.